The number of anilines is 1. The predicted molar refractivity (Wildman–Crippen MR) is 80.6 cm³/mol. The van der Waals surface area contributed by atoms with E-state index in [4.69, 9.17) is 9.47 Å². The van der Waals surface area contributed by atoms with Crippen LogP contribution in [0.3, 0.4) is 0 Å². The highest BCUT2D eigenvalue weighted by atomic mass is 16.7. The van der Waals surface area contributed by atoms with Gasteiger partial charge in [-0.15, -0.1) is 0 Å². The van der Waals surface area contributed by atoms with Crippen LogP contribution in [0.2, 0.25) is 0 Å². The summed E-state index contributed by atoms with van der Waals surface area (Å²) in [6.07, 6.45) is 1.90. The Bertz CT molecular complexity index is 637. The van der Waals surface area contributed by atoms with Gasteiger partial charge < -0.3 is 24.3 Å². The van der Waals surface area contributed by atoms with Gasteiger partial charge in [0.25, 0.3) is 0 Å². The number of fused-ring (bicyclic) bond motifs is 1. The Labute approximate surface area is 124 Å². The molecule has 6 heteroatoms. The molecule has 0 radical (unpaired) electrons. The molecule has 2 heterocycles. The van der Waals surface area contributed by atoms with E-state index in [0.717, 1.165) is 41.8 Å². The second-order valence-electron chi connectivity index (χ2n) is 5.26. The van der Waals surface area contributed by atoms with Crippen molar-refractivity contribution in [2.45, 2.75) is 13.1 Å². The highest BCUT2D eigenvalue weighted by molar-refractivity contribution is 5.48. The lowest BCUT2D eigenvalue weighted by molar-refractivity contribution is 0.173. The van der Waals surface area contributed by atoms with E-state index >= 15 is 0 Å². The average Bonchev–Trinajstić information content (AvgIpc) is 3.06. The number of nitrogens with zero attached hydrogens (tertiary/aromatic N) is 3. The summed E-state index contributed by atoms with van der Waals surface area (Å²) in [6, 6.07) is 5.96. The maximum atomic E-state index is 5.51. The summed E-state index contributed by atoms with van der Waals surface area (Å²) in [6.45, 7) is 1.79. The van der Waals surface area contributed by atoms with Crippen LogP contribution < -0.4 is 19.7 Å². The smallest absolute Gasteiger partial charge is 0.231 e. The minimum Gasteiger partial charge on any atom is -0.454 e. The predicted octanol–water partition coefficient (Wildman–Crippen LogP) is 1.50. The molecule has 1 aromatic heterocycles. The van der Waals surface area contributed by atoms with E-state index in [1.165, 1.54) is 0 Å². The topological polar surface area (TPSA) is 51.6 Å². The quantitative estimate of drug-likeness (QED) is 0.903. The minimum absolute atomic E-state index is 0.306. The maximum absolute atomic E-state index is 5.51. The van der Waals surface area contributed by atoms with Gasteiger partial charge in [0.1, 0.15) is 0 Å². The standard InChI is InChI=1S/C15H20N4O2/c1-18(2)15-17-9-12(19(15)3)8-16-7-11-5-4-6-13-14(11)21-10-20-13/h4-6,9,16H,7-8,10H2,1-3H3. The lowest BCUT2D eigenvalue weighted by atomic mass is 10.2. The Balaban J connectivity index is 1.63. The lowest BCUT2D eigenvalue weighted by Gasteiger charge is -2.13. The lowest BCUT2D eigenvalue weighted by Crippen LogP contribution is -2.18. The monoisotopic (exact) mass is 288 g/mol. The number of imidazole rings is 1. The minimum atomic E-state index is 0.306. The van der Waals surface area contributed by atoms with E-state index in [-0.39, 0.29) is 0 Å². The highest BCUT2D eigenvalue weighted by Crippen LogP contribution is 2.35. The maximum Gasteiger partial charge on any atom is 0.231 e. The molecule has 1 aliphatic heterocycles. The van der Waals surface area contributed by atoms with Gasteiger partial charge in [-0.1, -0.05) is 12.1 Å². The third kappa shape index (κ3) is 2.67. The molecule has 21 heavy (non-hydrogen) atoms. The first-order valence-corrected chi connectivity index (χ1v) is 6.93. The Morgan fingerprint density at radius 1 is 1.29 bits per heavy atom. The number of hydrogen-bond acceptors (Lipinski definition) is 5. The number of benzene rings is 1. The highest BCUT2D eigenvalue weighted by Gasteiger charge is 2.16. The zero-order valence-electron chi connectivity index (χ0n) is 12.6. The van der Waals surface area contributed by atoms with Crippen LogP contribution in [0, 0.1) is 0 Å². The molecule has 0 aliphatic carbocycles. The molecule has 0 saturated heterocycles. The van der Waals surface area contributed by atoms with Gasteiger partial charge in [0, 0.05) is 39.8 Å². The third-order valence-electron chi connectivity index (χ3n) is 3.56. The van der Waals surface area contributed by atoms with E-state index in [1.807, 2.05) is 44.4 Å². The summed E-state index contributed by atoms with van der Waals surface area (Å²) in [5.41, 5.74) is 2.25. The summed E-state index contributed by atoms with van der Waals surface area (Å²) in [4.78, 5) is 6.40. The molecule has 0 spiro atoms. The molecule has 1 aliphatic rings. The van der Waals surface area contributed by atoms with Crippen molar-refractivity contribution in [3.8, 4) is 11.5 Å². The van der Waals surface area contributed by atoms with Gasteiger partial charge in [-0.25, -0.2) is 4.98 Å². The summed E-state index contributed by atoms with van der Waals surface area (Å²) < 4.78 is 13.0. The number of hydrogen-bond donors (Lipinski definition) is 1. The first-order valence-electron chi connectivity index (χ1n) is 6.93. The number of ether oxygens (including phenoxy) is 2. The van der Waals surface area contributed by atoms with Gasteiger partial charge >= 0.3 is 0 Å². The summed E-state index contributed by atoms with van der Waals surface area (Å²) in [7, 11) is 6.00. The Hall–Kier alpha value is -2.21. The van der Waals surface area contributed by atoms with Crippen LogP contribution in [0.1, 0.15) is 11.3 Å². The van der Waals surface area contributed by atoms with Gasteiger partial charge in [-0.2, -0.15) is 0 Å². The molecular formula is C15H20N4O2. The number of rotatable bonds is 5. The molecule has 2 aromatic rings. The first kappa shape index (κ1) is 13.8. The van der Waals surface area contributed by atoms with Crippen LogP contribution >= 0.6 is 0 Å². The van der Waals surface area contributed by atoms with Crippen LogP contribution in [-0.4, -0.2) is 30.4 Å². The van der Waals surface area contributed by atoms with Crippen molar-refractivity contribution in [3.05, 3.63) is 35.7 Å². The number of nitrogens with one attached hydrogen (secondary N) is 1. The Morgan fingerprint density at radius 3 is 2.90 bits per heavy atom. The van der Waals surface area contributed by atoms with Crippen molar-refractivity contribution in [3.63, 3.8) is 0 Å². The van der Waals surface area contributed by atoms with Gasteiger partial charge in [0.15, 0.2) is 11.5 Å². The van der Waals surface area contributed by atoms with E-state index < -0.39 is 0 Å². The fourth-order valence-electron chi connectivity index (χ4n) is 2.47. The molecule has 0 bridgehead atoms. The largest absolute Gasteiger partial charge is 0.454 e. The molecule has 1 N–H and O–H groups in total. The van der Waals surface area contributed by atoms with Crippen molar-refractivity contribution < 1.29 is 9.47 Å². The van der Waals surface area contributed by atoms with Crippen molar-refractivity contribution >= 4 is 5.95 Å². The molecular weight excluding hydrogens is 268 g/mol. The van der Waals surface area contributed by atoms with E-state index in [0.29, 0.717) is 6.79 Å². The summed E-state index contributed by atoms with van der Waals surface area (Å²) in [5, 5.41) is 3.43. The molecule has 1 aromatic carbocycles. The number of aromatic nitrogens is 2. The number of para-hydroxylation sites is 1. The normalized spacial score (nSPS) is 12.7. The fraction of sp³-hybridized carbons (Fsp3) is 0.400. The molecule has 0 fully saturated rings. The Kier molecular flexibility index (Phi) is 3.70. The van der Waals surface area contributed by atoms with Crippen LogP contribution in [0.25, 0.3) is 0 Å². The second-order valence-corrected chi connectivity index (χ2v) is 5.26. The molecule has 0 unspecified atom stereocenters. The van der Waals surface area contributed by atoms with Crippen LogP contribution in [-0.2, 0) is 20.1 Å². The van der Waals surface area contributed by atoms with Crippen LogP contribution in [0.5, 0.6) is 11.5 Å². The fourth-order valence-corrected chi connectivity index (χ4v) is 2.47. The zero-order valence-corrected chi connectivity index (χ0v) is 12.6. The van der Waals surface area contributed by atoms with Crippen LogP contribution in [0.4, 0.5) is 5.95 Å². The molecule has 0 atom stereocenters. The SMILES string of the molecule is CN(C)c1ncc(CNCc2cccc3c2OCO3)n1C. The van der Waals surface area contributed by atoms with E-state index in [1.54, 1.807) is 0 Å². The second kappa shape index (κ2) is 5.65. The Morgan fingerprint density at radius 2 is 2.14 bits per heavy atom. The van der Waals surface area contributed by atoms with E-state index in [9.17, 15) is 0 Å². The van der Waals surface area contributed by atoms with E-state index in [2.05, 4.69) is 20.9 Å². The van der Waals surface area contributed by atoms with Gasteiger partial charge in [-0.05, 0) is 6.07 Å². The summed E-state index contributed by atoms with van der Waals surface area (Å²) >= 11 is 0. The molecule has 0 amide bonds. The summed E-state index contributed by atoms with van der Waals surface area (Å²) in [5.74, 6) is 2.62. The zero-order chi connectivity index (χ0) is 14.8. The van der Waals surface area contributed by atoms with Gasteiger partial charge in [-0.3, -0.25) is 0 Å². The molecule has 6 nitrogen and oxygen atoms in total. The van der Waals surface area contributed by atoms with Crippen molar-refractivity contribution in [2.75, 3.05) is 25.8 Å². The van der Waals surface area contributed by atoms with Gasteiger partial charge in [0.2, 0.25) is 12.7 Å². The van der Waals surface area contributed by atoms with Crippen molar-refractivity contribution in [1.82, 2.24) is 14.9 Å². The molecule has 3 rings (SSSR count). The molecule has 0 saturated carbocycles. The average molecular weight is 288 g/mol. The van der Waals surface area contributed by atoms with Crippen LogP contribution in [0.15, 0.2) is 24.4 Å². The third-order valence-corrected chi connectivity index (χ3v) is 3.56. The van der Waals surface area contributed by atoms with Gasteiger partial charge in [0.05, 0.1) is 11.9 Å². The van der Waals surface area contributed by atoms with Crippen molar-refractivity contribution in [1.29, 1.82) is 0 Å². The van der Waals surface area contributed by atoms with Crippen molar-refractivity contribution in [2.24, 2.45) is 7.05 Å². The molecule has 112 valence electrons. The first-order chi connectivity index (χ1) is 10.2.